The third kappa shape index (κ3) is 5.01. The van der Waals surface area contributed by atoms with Crippen molar-refractivity contribution in [3.8, 4) is 0 Å². The Morgan fingerprint density at radius 1 is 1.19 bits per heavy atom. The van der Waals surface area contributed by atoms with Gasteiger partial charge in [-0.05, 0) is 40.6 Å². The minimum Gasteiger partial charge on any atom is -0.383 e. The summed E-state index contributed by atoms with van der Waals surface area (Å²) in [6.45, 7) is 9.64. The number of aromatic nitrogens is 4. The molecule has 0 aliphatic carbocycles. The van der Waals surface area contributed by atoms with Gasteiger partial charge in [-0.3, -0.25) is 0 Å². The van der Waals surface area contributed by atoms with E-state index in [-0.39, 0.29) is 11.9 Å². The number of quaternary nitrogens is 1. The lowest BCUT2D eigenvalue weighted by Gasteiger charge is -2.37. The molecule has 2 heterocycles. The Morgan fingerprint density at radius 3 is 2.52 bits per heavy atom. The van der Waals surface area contributed by atoms with Gasteiger partial charge < -0.3 is 14.5 Å². The van der Waals surface area contributed by atoms with Crippen molar-refractivity contribution in [3.05, 3.63) is 35.9 Å². The first-order valence-electron chi connectivity index (χ1n) is 9.68. The van der Waals surface area contributed by atoms with Gasteiger partial charge in [0, 0.05) is 19.2 Å². The van der Waals surface area contributed by atoms with Gasteiger partial charge in [-0.2, -0.15) is 0 Å². The number of tetrazole rings is 1. The van der Waals surface area contributed by atoms with E-state index in [1.165, 1.54) is 17.0 Å². The van der Waals surface area contributed by atoms with Crippen LogP contribution >= 0.6 is 0 Å². The van der Waals surface area contributed by atoms with E-state index >= 15 is 0 Å². The number of hydrogen-bond donors (Lipinski definition) is 1. The number of ether oxygens (including phenoxy) is 1. The number of methoxy groups -OCH3 is 1. The second kappa shape index (κ2) is 9.23. The van der Waals surface area contributed by atoms with Crippen LogP contribution in [-0.4, -0.2) is 60.1 Å². The number of halogens is 1. The zero-order valence-corrected chi connectivity index (χ0v) is 16.4. The Kier molecular flexibility index (Phi) is 6.73. The summed E-state index contributed by atoms with van der Waals surface area (Å²) in [5.74, 6) is 1.32. The maximum atomic E-state index is 13.2. The molecule has 1 saturated heterocycles. The highest BCUT2D eigenvalue weighted by Gasteiger charge is 2.33. The van der Waals surface area contributed by atoms with Gasteiger partial charge in [0.25, 0.3) is 0 Å². The summed E-state index contributed by atoms with van der Waals surface area (Å²) in [7, 11) is 1.69. The van der Waals surface area contributed by atoms with Crippen LogP contribution < -0.4 is 9.80 Å². The summed E-state index contributed by atoms with van der Waals surface area (Å²) in [4.78, 5) is 3.83. The minimum absolute atomic E-state index is 0.192. The molecule has 1 aromatic carbocycles. The van der Waals surface area contributed by atoms with Gasteiger partial charge in [0.15, 0.2) is 0 Å². The van der Waals surface area contributed by atoms with Crippen LogP contribution in [0.25, 0.3) is 0 Å². The Morgan fingerprint density at radius 2 is 1.89 bits per heavy atom. The number of nitrogens with one attached hydrogen (secondary N) is 1. The van der Waals surface area contributed by atoms with Crippen molar-refractivity contribution in [2.24, 2.45) is 5.92 Å². The highest BCUT2D eigenvalue weighted by molar-refractivity contribution is 5.46. The first-order valence-corrected chi connectivity index (χ1v) is 9.68. The van der Waals surface area contributed by atoms with E-state index in [0.29, 0.717) is 19.1 Å². The number of benzene rings is 1. The molecule has 8 heteroatoms. The van der Waals surface area contributed by atoms with Gasteiger partial charge in [0.2, 0.25) is 5.82 Å². The quantitative estimate of drug-likeness (QED) is 0.742. The van der Waals surface area contributed by atoms with E-state index in [0.717, 1.165) is 44.1 Å². The van der Waals surface area contributed by atoms with Crippen LogP contribution in [-0.2, 0) is 11.3 Å². The molecule has 0 bridgehead atoms. The molecule has 1 aliphatic rings. The molecule has 0 unspecified atom stereocenters. The summed E-state index contributed by atoms with van der Waals surface area (Å²) < 4.78 is 20.3. The molecule has 27 heavy (non-hydrogen) atoms. The predicted octanol–water partition coefficient (Wildman–Crippen LogP) is 0.951. The second-order valence-corrected chi connectivity index (χ2v) is 7.56. The topological polar surface area (TPSA) is 60.5 Å². The number of rotatable bonds is 8. The average Bonchev–Trinajstić information content (AvgIpc) is 3.13. The molecular weight excluding hydrogens is 347 g/mol. The van der Waals surface area contributed by atoms with Gasteiger partial charge in [-0.1, -0.05) is 13.8 Å². The van der Waals surface area contributed by atoms with Crippen molar-refractivity contribution in [3.63, 3.8) is 0 Å². The summed E-state index contributed by atoms with van der Waals surface area (Å²) in [6.07, 6.45) is 1.04. The van der Waals surface area contributed by atoms with E-state index in [1.807, 2.05) is 16.8 Å². The Balaban J connectivity index is 1.70. The molecular formula is C19H30FN6O+. The van der Waals surface area contributed by atoms with Gasteiger partial charge in [0.05, 0.1) is 39.3 Å². The summed E-state index contributed by atoms with van der Waals surface area (Å²) >= 11 is 0. The number of piperazine rings is 1. The standard InChI is InChI=1S/C19H29FN6O/c1-15(2)14-18(19-21-22-23-26(19)12-13-27-3)25-10-8-24(9-11-25)17-6-4-16(20)5-7-17/h4-7,15,18H,8-14H2,1-3H3/p+1/t18-/m1/s1. The summed E-state index contributed by atoms with van der Waals surface area (Å²) in [5.41, 5.74) is 1.08. The first kappa shape index (κ1) is 19.7. The van der Waals surface area contributed by atoms with Crippen molar-refractivity contribution in [2.45, 2.75) is 32.9 Å². The van der Waals surface area contributed by atoms with Crippen LogP contribution in [0.5, 0.6) is 0 Å². The highest BCUT2D eigenvalue weighted by atomic mass is 19.1. The number of anilines is 1. The normalized spacial score (nSPS) is 16.9. The van der Waals surface area contributed by atoms with Crippen molar-refractivity contribution in [1.29, 1.82) is 0 Å². The second-order valence-electron chi connectivity index (χ2n) is 7.56. The monoisotopic (exact) mass is 377 g/mol. The zero-order chi connectivity index (χ0) is 19.2. The van der Waals surface area contributed by atoms with Crippen molar-refractivity contribution >= 4 is 5.69 Å². The number of nitrogens with zero attached hydrogens (tertiary/aromatic N) is 5. The minimum atomic E-state index is -0.192. The van der Waals surface area contributed by atoms with Crippen molar-refractivity contribution in [1.82, 2.24) is 20.2 Å². The smallest absolute Gasteiger partial charge is 0.209 e. The molecule has 1 atom stereocenters. The molecule has 0 amide bonds. The maximum Gasteiger partial charge on any atom is 0.209 e. The van der Waals surface area contributed by atoms with Gasteiger partial charge in [0.1, 0.15) is 11.9 Å². The molecule has 0 spiro atoms. The average molecular weight is 377 g/mol. The molecule has 3 rings (SSSR count). The van der Waals surface area contributed by atoms with E-state index in [1.54, 1.807) is 7.11 Å². The molecule has 1 aliphatic heterocycles. The Bertz CT molecular complexity index is 696. The molecule has 1 N–H and O–H groups in total. The van der Waals surface area contributed by atoms with Crippen molar-refractivity contribution < 1.29 is 14.0 Å². The van der Waals surface area contributed by atoms with E-state index in [9.17, 15) is 4.39 Å². The molecule has 1 aromatic heterocycles. The predicted molar refractivity (Wildman–Crippen MR) is 101 cm³/mol. The molecule has 1 fully saturated rings. The van der Waals surface area contributed by atoms with Gasteiger partial charge >= 0.3 is 0 Å². The SMILES string of the molecule is COCCn1nnnc1[C@@H](CC(C)C)[NH+]1CCN(c2ccc(F)cc2)CC1. The molecule has 7 nitrogen and oxygen atoms in total. The van der Waals surface area contributed by atoms with Crippen LogP contribution in [0.3, 0.4) is 0 Å². The van der Waals surface area contributed by atoms with E-state index < -0.39 is 0 Å². The van der Waals surface area contributed by atoms with Crippen LogP contribution in [0.2, 0.25) is 0 Å². The van der Waals surface area contributed by atoms with Crippen LogP contribution in [0.1, 0.15) is 32.1 Å². The van der Waals surface area contributed by atoms with Crippen molar-refractivity contribution in [2.75, 3.05) is 44.8 Å². The van der Waals surface area contributed by atoms with Crippen LogP contribution in [0, 0.1) is 11.7 Å². The number of hydrogen-bond acceptors (Lipinski definition) is 5. The molecule has 0 saturated carbocycles. The van der Waals surface area contributed by atoms with Gasteiger partial charge in [-0.25, -0.2) is 9.07 Å². The summed E-state index contributed by atoms with van der Waals surface area (Å²) in [5, 5.41) is 12.4. The molecule has 148 valence electrons. The van der Waals surface area contributed by atoms with Crippen LogP contribution in [0.15, 0.2) is 24.3 Å². The van der Waals surface area contributed by atoms with E-state index in [4.69, 9.17) is 4.74 Å². The lowest BCUT2D eigenvalue weighted by molar-refractivity contribution is -0.934. The maximum absolute atomic E-state index is 13.2. The lowest BCUT2D eigenvalue weighted by Crippen LogP contribution is -3.15. The van der Waals surface area contributed by atoms with E-state index in [2.05, 4.69) is 34.3 Å². The third-order valence-corrected chi connectivity index (χ3v) is 5.18. The van der Waals surface area contributed by atoms with Crippen LogP contribution in [0.4, 0.5) is 10.1 Å². The molecule has 0 radical (unpaired) electrons. The fraction of sp³-hybridized carbons (Fsp3) is 0.632. The summed E-state index contributed by atoms with van der Waals surface area (Å²) in [6, 6.07) is 7.04. The van der Waals surface area contributed by atoms with Gasteiger partial charge in [-0.15, -0.1) is 5.10 Å². The Hall–Kier alpha value is -2.06. The highest BCUT2D eigenvalue weighted by Crippen LogP contribution is 2.18. The first-order chi connectivity index (χ1) is 13.1. The molecule has 2 aromatic rings. The largest absolute Gasteiger partial charge is 0.383 e. The fourth-order valence-electron chi connectivity index (χ4n) is 3.78. The lowest BCUT2D eigenvalue weighted by atomic mass is 10.0. The fourth-order valence-corrected chi connectivity index (χ4v) is 3.78. The third-order valence-electron chi connectivity index (χ3n) is 5.18. The zero-order valence-electron chi connectivity index (χ0n) is 16.4. The Labute approximate surface area is 160 Å².